The van der Waals surface area contributed by atoms with Gasteiger partial charge in [-0.05, 0) is 51.3 Å². The van der Waals surface area contributed by atoms with Gasteiger partial charge >= 0.3 is 6.03 Å². The Kier molecular flexibility index (Phi) is 5.20. The normalized spacial score (nSPS) is 15.3. The summed E-state index contributed by atoms with van der Waals surface area (Å²) in [5.41, 5.74) is 0.445. The molecule has 0 aromatic carbocycles. The van der Waals surface area contributed by atoms with Gasteiger partial charge in [0.2, 0.25) is 0 Å². The Balaban J connectivity index is 1.86. The average Bonchev–Trinajstić information content (AvgIpc) is 3.24. The van der Waals surface area contributed by atoms with E-state index in [1.165, 1.54) is 25.2 Å². The Bertz CT molecular complexity index is 838. The van der Waals surface area contributed by atoms with Crippen LogP contribution in [0, 0.1) is 6.92 Å². The van der Waals surface area contributed by atoms with Crippen molar-refractivity contribution in [3.05, 3.63) is 29.7 Å². The van der Waals surface area contributed by atoms with Gasteiger partial charge in [-0.1, -0.05) is 11.3 Å². The Hall–Kier alpha value is -2.09. The monoisotopic (exact) mass is 394 g/mol. The fourth-order valence-electron chi connectivity index (χ4n) is 2.95. The van der Waals surface area contributed by atoms with Gasteiger partial charge in [-0.25, -0.2) is 18.6 Å². The largest absolute Gasteiger partial charge is 0.324 e. The molecule has 146 valence electrons. The number of carbonyl (C=O) groups excluding carboxylic acids is 1. The van der Waals surface area contributed by atoms with Crippen LogP contribution in [0.3, 0.4) is 0 Å². The molecule has 0 saturated carbocycles. The number of alkyl halides is 2. The van der Waals surface area contributed by atoms with Gasteiger partial charge in [-0.15, -0.1) is 0 Å². The molecule has 0 unspecified atom stereocenters. The molecule has 0 aliphatic carbocycles. The number of anilines is 1. The van der Waals surface area contributed by atoms with E-state index in [2.05, 4.69) is 15.3 Å². The van der Waals surface area contributed by atoms with Crippen LogP contribution in [0.4, 0.5) is 18.7 Å². The van der Waals surface area contributed by atoms with E-state index < -0.39 is 11.3 Å². The first kappa shape index (κ1) is 19.7. The average molecular weight is 394 g/mol. The van der Waals surface area contributed by atoms with E-state index in [0.717, 1.165) is 49.0 Å². The van der Waals surface area contributed by atoms with E-state index in [-0.39, 0.29) is 6.03 Å². The minimum Gasteiger partial charge on any atom is -0.324 e. The van der Waals surface area contributed by atoms with Gasteiger partial charge in [0.05, 0.1) is 21.7 Å². The van der Waals surface area contributed by atoms with E-state index in [1.807, 2.05) is 6.92 Å². The SMILES string of the molecule is Cc1nc(NC(=O)N2CCCC2)sc1-c1ccnc(C(C)(C)C(C)(F)F)c1. The number of halogens is 2. The van der Waals surface area contributed by atoms with Gasteiger partial charge in [0, 0.05) is 26.2 Å². The second kappa shape index (κ2) is 7.14. The first-order valence-corrected chi connectivity index (χ1v) is 9.79. The lowest BCUT2D eigenvalue weighted by Gasteiger charge is -2.30. The number of aryl methyl sites for hydroxylation is 1. The maximum Gasteiger partial charge on any atom is 0.323 e. The molecule has 1 aliphatic rings. The van der Waals surface area contributed by atoms with Crippen molar-refractivity contribution < 1.29 is 13.6 Å². The van der Waals surface area contributed by atoms with Crippen molar-refractivity contribution in [1.82, 2.24) is 14.9 Å². The van der Waals surface area contributed by atoms with E-state index >= 15 is 0 Å². The molecule has 1 aliphatic heterocycles. The fourth-order valence-corrected chi connectivity index (χ4v) is 3.90. The molecule has 2 amide bonds. The second-order valence-electron chi connectivity index (χ2n) is 7.50. The number of carbonyl (C=O) groups is 1. The van der Waals surface area contributed by atoms with Crippen molar-refractivity contribution in [2.75, 3.05) is 18.4 Å². The quantitative estimate of drug-likeness (QED) is 0.787. The molecule has 3 rings (SSSR count). The number of pyridine rings is 1. The van der Waals surface area contributed by atoms with Crippen LogP contribution in [0.15, 0.2) is 18.3 Å². The fraction of sp³-hybridized carbons (Fsp3) is 0.526. The highest BCUT2D eigenvalue weighted by atomic mass is 32.1. The molecule has 5 nitrogen and oxygen atoms in total. The van der Waals surface area contributed by atoms with E-state index in [1.54, 1.807) is 23.2 Å². The second-order valence-corrected chi connectivity index (χ2v) is 8.50. The van der Waals surface area contributed by atoms with Crippen LogP contribution in [0.25, 0.3) is 10.4 Å². The van der Waals surface area contributed by atoms with E-state index in [4.69, 9.17) is 0 Å². The zero-order chi connectivity index (χ0) is 19.8. The van der Waals surface area contributed by atoms with Gasteiger partial charge in [0.25, 0.3) is 5.92 Å². The summed E-state index contributed by atoms with van der Waals surface area (Å²) in [6.07, 6.45) is 3.58. The van der Waals surface area contributed by atoms with Gasteiger partial charge in [0.1, 0.15) is 0 Å². The number of rotatable bonds is 4. The number of likely N-dealkylation sites (tertiary alicyclic amines) is 1. The summed E-state index contributed by atoms with van der Waals surface area (Å²) in [4.78, 5) is 23.5. The molecule has 27 heavy (non-hydrogen) atoms. The third kappa shape index (κ3) is 3.95. The zero-order valence-corrected chi connectivity index (χ0v) is 16.8. The van der Waals surface area contributed by atoms with Gasteiger partial charge in [-0.2, -0.15) is 0 Å². The topological polar surface area (TPSA) is 58.1 Å². The molecule has 3 heterocycles. The predicted molar refractivity (Wildman–Crippen MR) is 104 cm³/mol. The van der Waals surface area contributed by atoms with Crippen LogP contribution in [-0.4, -0.2) is 39.9 Å². The molecular formula is C19H24F2N4OS. The molecule has 1 saturated heterocycles. The van der Waals surface area contributed by atoms with Crippen LogP contribution in [-0.2, 0) is 5.41 Å². The summed E-state index contributed by atoms with van der Waals surface area (Å²) in [7, 11) is 0. The number of hydrogen-bond donors (Lipinski definition) is 1. The third-order valence-corrected chi connectivity index (χ3v) is 6.29. The lowest BCUT2D eigenvalue weighted by Crippen LogP contribution is -2.38. The van der Waals surface area contributed by atoms with Crippen LogP contribution in [0.5, 0.6) is 0 Å². The van der Waals surface area contributed by atoms with Gasteiger partial charge in [0.15, 0.2) is 5.13 Å². The molecule has 2 aromatic heterocycles. The van der Waals surface area contributed by atoms with E-state index in [9.17, 15) is 13.6 Å². The van der Waals surface area contributed by atoms with Crippen molar-refractivity contribution in [2.45, 2.75) is 51.9 Å². The molecule has 0 spiro atoms. The van der Waals surface area contributed by atoms with Crippen LogP contribution < -0.4 is 5.32 Å². The first-order valence-electron chi connectivity index (χ1n) is 8.97. The molecule has 2 aromatic rings. The Labute approximate surface area is 161 Å². The van der Waals surface area contributed by atoms with Crippen molar-refractivity contribution in [3.8, 4) is 10.4 Å². The summed E-state index contributed by atoms with van der Waals surface area (Å²) in [6, 6.07) is 3.32. The lowest BCUT2D eigenvalue weighted by molar-refractivity contribution is -0.0484. The van der Waals surface area contributed by atoms with Crippen molar-refractivity contribution in [1.29, 1.82) is 0 Å². The summed E-state index contributed by atoms with van der Waals surface area (Å²) in [5.74, 6) is -2.91. The maximum atomic E-state index is 14.0. The molecule has 0 atom stereocenters. The number of nitrogens with one attached hydrogen (secondary N) is 1. The Morgan fingerprint density at radius 2 is 1.93 bits per heavy atom. The smallest absolute Gasteiger partial charge is 0.323 e. The molecule has 0 bridgehead atoms. The zero-order valence-electron chi connectivity index (χ0n) is 16.0. The summed E-state index contributed by atoms with van der Waals surface area (Å²) in [6.45, 7) is 7.25. The van der Waals surface area contributed by atoms with Gasteiger partial charge in [-0.3, -0.25) is 10.3 Å². The molecule has 1 N–H and O–H groups in total. The number of thiazole rings is 1. The van der Waals surface area contributed by atoms with Crippen molar-refractivity contribution in [3.63, 3.8) is 0 Å². The number of urea groups is 1. The first-order chi connectivity index (χ1) is 12.6. The molecule has 8 heteroatoms. The Morgan fingerprint density at radius 3 is 2.56 bits per heavy atom. The highest BCUT2D eigenvalue weighted by Gasteiger charge is 2.44. The summed E-state index contributed by atoms with van der Waals surface area (Å²) >= 11 is 1.34. The highest BCUT2D eigenvalue weighted by Crippen LogP contribution is 2.40. The Morgan fingerprint density at radius 1 is 1.26 bits per heavy atom. The molecule has 1 fully saturated rings. The predicted octanol–water partition coefficient (Wildman–Crippen LogP) is 5.07. The number of amides is 2. The standard InChI is InChI=1S/C19H24F2N4OS/c1-12-15(27-16(23-12)24-17(26)25-9-5-6-10-25)13-7-8-22-14(11-13)18(2,3)19(4,20)21/h7-8,11H,5-6,9-10H2,1-4H3,(H,23,24,26). The van der Waals surface area contributed by atoms with Crippen molar-refractivity contribution >= 4 is 22.5 Å². The van der Waals surface area contributed by atoms with Crippen LogP contribution in [0.2, 0.25) is 0 Å². The van der Waals surface area contributed by atoms with Crippen molar-refractivity contribution in [2.24, 2.45) is 0 Å². The number of aromatic nitrogens is 2. The van der Waals surface area contributed by atoms with Crippen LogP contribution in [0.1, 0.15) is 45.0 Å². The van der Waals surface area contributed by atoms with Crippen LogP contribution >= 0.6 is 11.3 Å². The molecular weight excluding hydrogens is 370 g/mol. The minimum absolute atomic E-state index is 0.144. The van der Waals surface area contributed by atoms with Gasteiger partial charge < -0.3 is 4.90 Å². The maximum absolute atomic E-state index is 14.0. The lowest BCUT2D eigenvalue weighted by atomic mass is 9.82. The highest BCUT2D eigenvalue weighted by molar-refractivity contribution is 7.19. The third-order valence-electron chi connectivity index (χ3n) is 5.16. The number of hydrogen-bond acceptors (Lipinski definition) is 4. The number of nitrogens with zero attached hydrogens (tertiary/aromatic N) is 3. The summed E-state index contributed by atoms with van der Waals surface area (Å²) in [5, 5.41) is 3.35. The minimum atomic E-state index is -2.91. The molecule has 0 radical (unpaired) electrons. The summed E-state index contributed by atoms with van der Waals surface area (Å²) < 4.78 is 28.0. The van der Waals surface area contributed by atoms with E-state index in [0.29, 0.717) is 10.8 Å².